The fourth-order valence-corrected chi connectivity index (χ4v) is 6.95. The first-order chi connectivity index (χ1) is 10.1. The second-order valence-corrected chi connectivity index (χ2v) is 9.83. The van der Waals surface area contributed by atoms with E-state index in [0.29, 0.717) is 18.3 Å². The van der Waals surface area contributed by atoms with E-state index < -0.39 is 5.60 Å². The molecule has 3 aliphatic rings. The maximum atomic E-state index is 11.5. The van der Waals surface area contributed by atoms with Gasteiger partial charge in [0.05, 0.1) is 11.7 Å². The minimum Gasteiger partial charge on any atom is -0.393 e. The normalized spacial score (nSPS) is 54.2. The van der Waals surface area contributed by atoms with Crippen LogP contribution in [0.1, 0.15) is 72.6 Å². The lowest BCUT2D eigenvalue weighted by atomic mass is 9.41. The molecule has 3 rings (SSSR count). The molecule has 3 aliphatic carbocycles. The number of hydrogen-bond donors (Lipinski definition) is 2. The molecule has 2 N–H and O–H groups in total. The van der Waals surface area contributed by atoms with Crippen LogP contribution in [-0.4, -0.2) is 21.9 Å². The van der Waals surface area contributed by atoms with Gasteiger partial charge in [-0.1, -0.05) is 40.2 Å². The first-order valence-corrected chi connectivity index (χ1v) is 9.10. The summed E-state index contributed by atoms with van der Waals surface area (Å²) in [6.45, 7) is 13.2. The Hall–Kier alpha value is -0.340. The lowest BCUT2D eigenvalue weighted by Gasteiger charge is -2.66. The fourth-order valence-electron chi connectivity index (χ4n) is 6.95. The fraction of sp³-hybridized carbons (Fsp3) is 0.900. The Bertz CT molecular complexity index is 470. The van der Waals surface area contributed by atoms with Gasteiger partial charge in [0.1, 0.15) is 0 Å². The molecular weight excluding hydrogens is 272 g/mol. The highest BCUT2D eigenvalue weighted by Crippen LogP contribution is 2.66. The SMILES string of the molecule is C=C[C@@]1(C)CC[C@@H]2[C@@](O)(C[C@@H](O)[C@H]3C(C)(C)CCC[C@]23C)C1. The number of rotatable bonds is 1. The standard InChI is InChI=1S/C20H34O2/c1-6-18(4)11-8-15-19(5)10-7-9-17(2,3)16(19)14(21)12-20(15,22)13-18/h6,14-16,21-22H,1,7-13H2,2-5H3/t14-,15+,16+,18+,19-,20-/m1/s1. The van der Waals surface area contributed by atoms with Crippen molar-refractivity contribution in [2.45, 2.75) is 84.3 Å². The van der Waals surface area contributed by atoms with Crippen molar-refractivity contribution in [2.24, 2.45) is 28.1 Å². The molecule has 0 heterocycles. The second kappa shape index (κ2) is 4.83. The maximum absolute atomic E-state index is 11.5. The zero-order chi connectivity index (χ0) is 16.4. The molecule has 0 radical (unpaired) electrons. The van der Waals surface area contributed by atoms with Gasteiger partial charge in [-0.05, 0) is 60.2 Å². The highest BCUT2D eigenvalue weighted by molar-refractivity contribution is 5.16. The zero-order valence-corrected chi connectivity index (χ0v) is 14.9. The van der Waals surface area contributed by atoms with Gasteiger partial charge in [0.15, 0.2) is 0 Å². The topological polar surface area (TPSA) is 40.5 Å². The Morgan fingerprint density at radius 3 is 2.41 bits per heavy atom. The lowest BCUT2D eigenvalue weighted by Crippen LogP contribution is -2.65. The van der Waals surface area contributed by atoms with Crippen LogP contribution in [0.25, 0.3) is 0 Å². The maximum Gasteiger partial charge on any atom is 0.0714 e. The molecule has 0 aliphatic heterocycles. The number of allylic oxidation sites excluding steroid dienone is 1. The van der Waals surface area contributed by atoms with Gasteiger partial charge in [-0.2, -0.15) is 0 Å². The van der Waals surface area contributed by atoms with E-state index in [-0.39, 0.29) is 22.3 Å². The summed E-state index contributed by atoms with van der Waals surface area (Å²) in [5.74, 6) is 0.633. The Morgan fingerprint density at radius 1 is 1.09 bits per heavy atom. The van der Waals surface area contributed by atoms with Crippen LogP contribution in [0.4, 0.5) is 0 Å². The van der Waals surface area contributed by atoms with E-state index >= 15 is 0 Å². The number of hydrogen-bond acceptors (Lipinski definition) is 2. The van der Waals surface area contributed by atoms with Crippen LogP contribution in [0.3, 0.4) is 0 Å². The Kier molecular flexibility index (Phi) is 3.63. The molecule has 0 spiro atoms. The van der Waals surface area contributed by atoms with Gasteiger partial charge in [-0.15, -0.1) is 6.58 Å². The molecular formula is C20H34O2. The van der Waals surface area contributed by atoms with Crippen molar-refractivity contribution in [1.29, 1.82) is 0 Å². The van der Waals surface area contributed by atoms with E-state index in [0.717, 1.165) is 25.7 Å². The molecule has 22 heavy (non-hydrogen) atoms. The lowest BCUT2D eigenvalue weighted by molar-refractivity contribution is -0.239. The van der Waals surface area contributed by atoms with Crippen LogP contribution in [0.5, 0.6) is 0 Å². The predicted octanol–water partition coefficient (Wildman–Crippen LogP) is 4.31. The highest BCUT2D eigenvalue weighted by Gasteiger charge is 2.64. The quantitative estimate of drug-likeness (QED) is 0.709. The van der Waals surface area contributed by atoms with Crippen LogP contribution in [0, 0.1) is 28.1 Å². The molecule has 6 atom stereocenters. The Labute approximate surface area is 136 Å². The summed E-state index contributed by atoms with van der Waals surface area (Å²) < 4.78 is 0. The van der Waals surface area contributed by atoms with Gasteiger partial charge in [-0.25, -0.2) is 0 Å². The molecule has 0 aromatic carbocycles. The van der Waals surface area contributed by atoms with Crippen LogP contribution < -0.4 is 0 Å². The van der Waals surface area contributed by atoms with E-state index in [1.54, 1.807) is 0 Å². The van der Waals surface area contributed by atoms with E-state index in [1.807, 2.05) is 6.08 Å². The zero-order valence-electron chi connectivity index (χ0n) is 14.9. The summed E-state index contributed by atoms with van der Waals surface area (Å²) in [5, 5.41) is 22.5. The Morgan fingerprint density at radius 2 is 1.77 bits per heavy atom. The molecule has 0 aromatic heterocycles. The molecule has 0 amide bonds. The summed E-state index contributed by atoms with van der Waals surface area (Å²) in [7, 11) is 0. The first kappa shape index (κ1) is 16.5. The summed E-state index contributed by atoms with van der Waals surface area (Å²) in [6.07, 6.45) is 8.69. The van der Waals surface area contributed by atoms with Gasteiger partial charge in [0.2, 0.25) is 0 Å². The van der Waals surface area contributed by atoms with Gasteiger partial charge in [-0.3, -0.25) is 0 Å². The molecule has 3 fully saturated rings. The van der Waals surface area contributed by atoms with Crippen LogP contribution in [0.15, 0.2) is 12.7 Å². The van der Waals surface area contributed by atoms with E-state index in [2.05, 4.69) is 34.3 Å². The van der Waals surface area contributed by atoms with Crippen molar-refractivity contribution in [1.82, 2.24) is 0 Å². The summed E-state index contributed by atoms with van der Waals surface area (Å²) in [6, 6.07) is 0. The monoisotopic (exact) mass is 306 g/mol. The van der Waals surface area contributed by atoms with Crippen molar-refractivity contribution >= 4 is 0 Å². The minimum absolute atomic E-state index is 0.0123. The molecule has 0 bridgehead atoms. The Balaban J connectivity index is 2.00. The predicted molar refractivity (Wildman–Crippen MR) is 90.4 cm³/mol. The van der Waals surface area contributed by atoms with E-state index in [9.17, 15) is 10.2 Å². The molecule has 0 saturated heterocycles. The van der Waals surface area contributed by atoms with Crippen LogP contribution in [0.2, 0.25) is 0 Å². The van der Waals surface area contributed by atoms with Crippen molar-refractivity contribution in [3.05, 3.63) is 12.7 Å². The molecule has 2 heteroatoms. The van der Waals surface area contributed by atoms with Crippen molar-refractivity contribution in [3.63, 3.8) is 0 Å². The molecule has 0 aromatic rings. The van der Waals surface area contributed by atoms with Crippen LogP contribution in [-0.2, 0) is 0 Å². The van der Waals surface area contributed by atoms with Gasteiger partial charge < -0.3 is 10.2 Å². The molecule has 126 valence electrons. The summed E-state index contributed by atoms with van der Waals surface area (Å²) >= 11 is 0. The molecule has 3 saturated carbocycles. The third kappa shape index (κ3) is 2.21. The van der Waals surface area contributed by atoms with Gasteiger partial charge in [0, 0.05) is 6.42 Å². The van der Waals surface area contributed by atoms with Crippen molar-refractivity contribution < 1.29 is 10.2 Å². The minimum atomic E-state index is -0.723. The number of fused-ring (bicyclic) bond motifs is 3. The molecule has 0 unspecified atom stereocenters. The average molecular weight is 306 g/mol. The first-order valence-electron chi connectivity index (χ1n) is 9.10. The van der Waals surface area contributed by atoms with E-state index in [4.69, 9.17) is 0 Å². The summed E-state index contributed by atoms with van der Waals surface area (Å²) in [4.78, 5) is 0. The largest absolute Gasteiger partial charge is 0.393 e. The molecule has 2 nitrogen and oxygen atoms in total. The van der Waals surface area contributed by atoms with Crippen molar-refractivity contribution in [2.75, 3.05) is 0 Å². The average Bonchev–Trinajstić information content (AvgIpc) is 2.35. The smallest absolute Gasteiger partial charge is 0.0714 e. The van der Waals surface area contributed by atoms with Gasteiger partial charge >= 0.3 is 0 Å². The third-order valence-electron chi connectivity index (χ3n) is 7.69. The van der Waals surface area contributed by atoms with Crippen molar-refractivity contribution in [3.8, 4) is 0 Å². The van der Waals surface area contributed by atoms with Gasteiger partial charge in [0.25, 0.3) is 0 Å². The van der Waals surface area contributed by atoms with E-state index in [1.165, 1.54) is 12.8 Å². The number of aliphatic hydroxyl groups excluding tert-OH is 1. The summed E-state index contributed by atoms with van der Waals surface area (Å²) in [5.41, 5.74) is -0.471. The number of aliphatic hydroxyl groups is 2. The highest BCUT2D eigenvalue weighted by atomic mass is 16.3. The second-order valence-electron chi connectivity index (χ2n) is 9.83. The third-order valence-corrected chi connectivity index (χ3v) is 7.69. The van der Waals surface area contributed by atoms with Crippen LogP contribution >= 0.6 is 0 Å².